The standard InChI is InChI=1S/C42H56N2O6/c1-26(2)9-6-10-27(3)21-29-14-17-41(31(22-29)25-46)18-19-42(39(41)49)35(13-8-20-45)32(15-16-40(42,5)50)28(4)36(47)23-30-11-7-12-33-34(30)24-37(48)44-38(33)43/h7,9,11-12,14,17,21-22,35,38-39,45-46,49-50H,3,6,8,10,13,15-16,18-20,23-25,43H2,1-2,4-5H3,(H,44,48)/b29-21+,32-28+/t35-,38-,39-,40-,41-,42-/m1/s1. The Morgan fingerprint density at radius 2 is 1.92 bits per heavy atom. The molecule has 8 nitrogen and oxygen atoms in total. The molecule has 0 unspecified atom stereocenters. The van der Waals surface area contributed by atoms with Crippen LogP contribution in [0.3, 0.4) is 0 Å². The van der Waals surface area contributed by atoms with Crippen LogP contribution in [0.1, 0.15) is 102 Å². The van der Waals surface area contributed by atoms with E-state index in [1.54, 1.807) is 6.92 Å². The van der Waals surface area contributed by atoms with Gasteiger partial charge in [-0.3, -0.25) is 9.59 Å². The molecule has 2 spiro atoms. The Balaban J connectivity index is 1.50. The molecule has 0 radical (unpaired) electrons. The average Bonchev–Trinajstić information content (AvgIpc) is 3.35. The second-order valence-electron chi connectivity index (χ2n) is 15.4. The molecule has 0 aromatic heterocycles. The molecule has 1 aromatic rings. The molecule has 3 aliphatic carbocycles. The maximum absolute atomic E-state index is 14.1. The van der Waals surface area contributed by atoms with Crippen molar-refractivity contribution < 1.29 is 30.0 Å². The van der Waals surface area contributed by atoms with E-state index in [1.807, 2.05) is 49.4 Å². The molecule has 5 rings (SSSR count). The molecule has 8 heteroatoms. The summed E-state index contributed by atoms with van der Waals surface area (Å²) < 4.78 is 0. The number of carbonyl (C=O) groups excluding carboxylic acids is 2. The summed E-state index contributed by atoms with van der Waals surface area (Å²) in [7, 11) is 0. The highest BCUT2D eigenvalue weighted by molar-refractivity contribution is 5.97. The number of nitrogens with one attached hydrogen (secondary N) is 1. The van der Waals surface area contributed by atoms with Gasteiger partial charge in [-0.05, 0) is 118 Å². The van der Waals surface area contributed by atoms with Crippen LogP contribution in [0, 0.1) is 16.7 Å². The summed E-state index contributed by atoms with van der Waals surface area (Å²) in [6.07, 6.45) is 13.3. The van der Waals surface area contributed by atoms with Gasteiger partial charge in [0.25, 0.3) is 0 Å². The van der Waals surface area contributed by atoms with Gasteiger partial charge >= 0.3 is 0 Å². The van der Waals surface area contributed by atoms with E-state index in [0.29, 0.717) is 49.7 Å². The van der Waals surface area contributed by atoms with Crippen LogP contribution in [0.2, 0.25) is 0 Å². The molecule has 1 amide bonds. The number of aliphatic hydroxyl groups excluding tert-OH is 3. The van der Waals surface area contributed by atoms with Crippen molar-refractivity contribution in [2.45, 2.75) is 110 Å². The molecule has 7 N–H and O–H groups in total. The van der Waals surface area contributed by atoms with Crippen LogP contribution in [0.25, 0.3) is 0 Å². The maximum Gasteiger partial charge on any atom is 0.225 e. The third-order valence-corrected chi connectivity index (χ3v) is 12.1. The van der Waals surface area contributed by atoms with E-state index in [0.717, 1.165) is 46.3 Å². The summed E-state index contributed by atoms with van der Waals surface area (Å²) in [4.78, 5) is 26.5. The van der Waals surface area contributed by atoms with Gasteiger partial charge in [0.05, 0.1) is 24.7 Å². The van der Waals surface area contributed by atoms with E-state index < -0.39 is 28.7 Å². The first-order chi connectivity index (χ1) is 23.7. The number of hydrogen-bond donors (Lipinski definition) is 6. The summed E-state index contributed by atoms with van der Waals surface area (Å²) in [5.74, 6) is -0.626. The number of fused-ring (bicyclic) bond motifs is 1. The SMILES string of the molecule is C=C(/C=C1\C=C[C@@]2(CC[C@@]3([C@H](CCCO)/C(=C(\C)C(=O)Cc4cccc5c4CC(=O)N[C@H]5N)CC[C@@]3(C)O)[C@@H]2O)C(CO)=C1)CCC=C(C)C. The summed E-state index contributed by atoms with van der Waals surface area (Å²) in [6, 6.07) is 5.61. The third kappa shape index (κ3) is 6.93. The number of benzene rings is 1. The first-order valence-corrected chi connectivity index (χ1v) is 18.1. The highest BCUT2D eigenvalue weighted by Crippen LogP contribution is 2.67. The van der Waals surface area contributed by atoms with E-state index in [2.05, 4.69) is 31.8 Å². The molecule has 1 heterocycles. The van der Waals surface area contributed by atoms with Crippen LogP contribution in [0.5, 0.6) is 0 Å². The van der Waals surface area contributed by atoms with Crippen LogP contribution < -0.4 is 11.1 Å². The first kappa shape index (κ1) is 37.8. The molecule has 0 saturated heterocycles. The van der Waals surface area contributed by atoms with Gasteiger partial charge in [-0.15, -0.1) is 0 Å². The monoisotopic (exact) mass is 684 g/mol. The lowest BCUT2D eigenvalue weighted by Gasteiger charge is -2.56. The lowest BCUT2D eigenvalue weighted by atomic mass is 9.51. The Labute approximate surface area is 297 Å². The zero-order valence-corrected chi connectivity index (χ0v) is 30.2. The van der Waals surface area contributed by atoms with E-state index in [1.165, 1.54) is 5.57 Å². The first-order valence-electron chi connectivity index (χ1n) is 18.1. The van der Waals surface area contributed by atoms with Crippen LogP contribution in [-0.2, 0) is 22.4 Å². The van der Waals surface area contributed by atoms with Crippen molar-refractivity contribution in [1.29, 1.82) is 0 Å². The number of allylic oxidation sites excluding steroid dienone is 9. The molecule has 1 aromatic carbocycles. The number of carbonyl (C=O) groups is 2. The summed E-state index contributed by atoms with van der Waals surface area (Å²) in [5.41, 5.74) is 10.7. The van der Waals surface area contributed by atoms with Gasteiger partial charge in [-0.2, -0.15) is 0 Å². The Hall–Kier alpha value is -3.40. The fourth-order valence-electron chi connectivity index (χ4n) is 9.38. The fourth-order valence-corrected chi connectivity index (χ4v) is 9.38. The molecular weight excluding hydrogens is 628 g/mol. The van der Waals surface area contributed by atoms with Gasteiger partial charge in [-0.25, -0.2) is 0 Å². The lowest BCUT2D eigenvalue weighted by molar-refractivity contribution is -0.173. The van der Waals surface area contributed by atoms with E-state index in [-0.39, 0.29) is 43.7 Å². The number of aliphatic hydroxyl groups is 4. The lowest BCUT2D eigenvalue weighted by Crippen LogP contribution is -2.61. The van der Waals surface area contributed by atoms with Crippen LogP contribution in [0.15, 0.2) is 88.6 Å². The van der Waals surface area contributed by atoms with Gasteiger partial charge in [0, 0.05) is 23.9 Å². The Morgan fingerprint density at radius 1 is 1.16 bits per heavy atom. The third-order valence-electron chi connectivity index (χ3n) is 12.1. The zero-order valence-electron chi connectivity index (χ0n) is 30.2. The highest BCUT2D eigenvalue weighted by atomic mass is 16.3. The predicted molar refractivity (Wildman–Crippen MR) is 197 cm³/mol. The van der Waals surface area contributed by atoms with Crippen LogP contribution >= 0.6 is 0 Å². The van der Waals surface area contributed by atoms with E-state index in [4.69, 9.17) is 5.73 Å². The second kappa shape index (κ2) is 15.1. The number of Topliss-reactive ketones (excluding diaryl/α,β-unsaturated/α-hetero) is 1. The second-order valence-corrected chi connectivity index (χ2v) is 15.4. The number of ketones is 1. The van der Waals surface area contributed by atoms with Gasteiger partial charge in [-0.1, -0.05) is 71.9 Å². The minimum absolute atomic E-state index is 0.0535. The Kier molecular flexibility index (Phi) is 11.4. The molecular formula is C42H56N2O6. The number of nitrogens with two attached hydrogens (primary N) is 1. The van der Waals surface area contributed by atoms with Crippen molar-refractivity contribution in [3.8, 4) is 0 Å². The fraction of sp³-hybridized carbons (Fsp3) is 0.524. The molecule has 50 heavy (non-hydrogen) atoms. The Morgan fingerprint density at radius 3 is 2.62 bits per heavy atom. The topological polar surface area (TPSA) is 153 Å². The van der Waals surface area contributed by atoms with Crippen LogP contribution in [-0.4, -0.2) is 57.0 Å². The smallest absolute Gasteiger partial charge is 0.225 e. The number of rotatable bonds is 11. The molecule has 4 aliphatic rings. The molecule has 270 valence electrons. The van der Waals surface area contributed by atoms with Crippen molar-refractivity contribution in [2.75, 3.05) is 13.2 Å². The Bertz CT molecular complexity index is 1670. The average molecular weight is 685 g/mol. The summed E-state index contributed by atoms with van der Waals surface area (Å²) in [5, 5.41) is 48.4. The minimum atomic E-state index is -1.27. The minimum Gasteiger partial charge on any atom is -0.396 e. The number of hydrogen-bond acceptors (Lipinski definition) is 7. The number of amides is 1. The molecule has 2 saturated carbocycles. The summed E-state index contributed by atoms with van der Waals surface area (Å²) >= 11 is 0. The van der Waals surface area contributed by atoms with Gasteiger partial charge in [0.1, 0.15) is 6.17 Å². The van der Waals surface area contributed by atoms with Crippen LogP contribution in [0.4, 0.5) is 0 Å². The highest BCUT2D eigenvalue weighted by Gasteiger charge is 2.68. The van der Waals surface area contributed by atoms with Gasteiger partial charge < -0.3 is 31.5 Å². The maximum atomic E-state index is 14.1. The van der Waals surface area contributed by atoms with Gasteiger partial charge in [0.15, 0.2) is 5.78 Å². The largest absolute Gasteiger partial charge is 0.396 e. The molecule has 2 fully saturated rings. The van der Waals surface area contributed by atoms with Crippen molar-refractivity contribution in [2.24, 2.45) is 22.5 Å². The summed E-state index contributed by atoms with van der Waals surface area (Å²) in [6.45, 7) is 11.7. The normalized spacial score (nSPS) is 32.2. The molecule has 0 bridgehead atoms. The quantitative estimate of drug-likeness (QED) is 0.133. The van der Waals surface area contributed by atoms with Crippen molar-refractivity contribution in [3.05, 3.63) is 105 Å². The van der Waals surface area contributed by atoms with Crippen molar-refractivity contribution in [3.63, 3.8) is 0 Å². The van der Waals surface area contributed by atoms with E-state index >= 15 is 0 Å². The predicted octanol–water partition coefficient (Wildman–Crippen LogP) is 5.52. The molecule has 1 aliphatic heterocycles. The molecule has 6 atom stereocenters. The van der Waals surface area contributed by atoms with Crippen molar-refractivity contribution >= 4 is 11.7 Å². The van der Waals surface area contributed by atoms with Gasteiger partial charge in [0.2, 0.25) is 5.91 Å². The zero-order chi connectivity index (χ0) is 36.4. The van der Waals surface area contributed by atoms with E-state index in [9.17, 15) is 30.0 Å². The van der Waals surface area contributed by atoms with Crippen molar-refractivity contribution in [1.82, 2.24) is 5.32 Å².